The zero-order chi connectivity index (χ0) is 29.1. The molecule has 0 saturated carbocycles. The lowest BCUT2D eigenvalue weighted by atomic mass is 10.2. The zero-order valence-electron chi connectivity index (χ0n) is 21.9. The lowest BCUT2D eigenvalue weighted by molar-refractivity contribution is -0.147. The number of benzene rings is 3. The number of amides is 2. The summed E-state index contributed by atoms with van der Waals surface area (Å²) in [6.07, 6.45) is -0.337. The van der Waals surface area contributed by atoms with Gasteiger partial charge in [0.05, 0.1) is 23.6 Å². The molecular formula is C29H28Cl2N2O7. The predicted octanol–water partition coefficient (Wildman–Crippen LogP) is 6.50. The Morgan fingerprint density at radius 3 is 2.02 bits per heavy atom. The van der Waals surface area contributed by atoms with Crippen LogP contribution in [0.25, 0.3) is 0 Å². The van der Waals surface area contributed by atoms with Gasteiger partial charge in [0.1, 0.15) is 11.5 Å². The van der Waals surface area contributed by atoms with E-state index < -0.39 is 30.4 Å². The summed E-state index contributed by atoms with van der Waals surface area (Å²) in [6, 6.07) is 17.6. The number of nitrogens with one attached hydrogen (secondary N) is 2. The van der Waals surface area contributed by atoms with Crippen molar-refractivity contribution in [3.63, 3.8) is 0 Å². The summed E-state index contributed by atoms with van der Waals surface area (Å²) in [5.74, 6) is -0.943. The summed E-state index contributed by atoms with van der Waals surface area (Å²) >= 11 is 12.0. The molecule has 11 heteroatoms. The Morgan fingerprint density at radius 2 is 1.40 bits per heavy atom. The molecule has 0 spiro atoms. The Labute approximate surface area is 241 Å². The Bertz CT molecular complexity index is 1340. The molecule has 9 nitrogen and oxygen atoms in total. The van der Waals surface area contributed by atoms with Gasteiger partial charge in [0.2, 0.25) is 5.91 Å². The van der Waals surface area contributed by atoms with Crippen LogP contribution in [0.5, 0.6) is 11.5 Å². The highest BCUT2D eigenvalue weighted by molar-refractivity contribution is 6.35. The van der Waals surface area contributed by atoms with Crippen molar-refractivity contribution in [2.75, 3.05) is 23.8 Å². The first-order valence-corrected chi connectivity index (χ1v) is 13.1. The van der Waals surface area contributed by atoms with Crippen molar-refractivity contribution in [1.82, 2.24) is 0 Å². The highest BCUT2D eigenvalue weighted by Gasteiger charge is 2.13. The largest absolute Gasteiger partial charge is 0.462 e. The van der Waals surface area contributed by atoms with Gasteiger partial charge in [-0.1, -0.05) is 37.0 Å². The van der Waals surface area contributed by atoms with E-state index in [4.69, 9.17) is 37.4 Å². The maximum atomic E-state index is 12.2. The van der Waals surface area contributed by atoms with E-state index >= 15 is 0 Å². The van der Waals surface area contributed by atoms with Gasteiger partial charge in [-0.05, 0) is 72.6 Å². The molecule has 3 rings (SSSR count). The third-order valence-corrected chi connectivity index (χ3v) is 5.66. The summed E-state index contributed by atoms with van der Waals surface area (Å²) in [6.45, 7) is 3.67. The normalized spacial score (nSPS) is 10.5. The van der Waals surface area contributed by atoms with E-state index in [1.54, 1.807) is 54.6 Å². The summed E-state index contributed by atoms with van der Waals surface area (Å²) in [5.41, 5.74) is 1.29. The topological polar surface area (TPSA) is 120 Å². The second-order valence-electron chi connectivity index (χ2n) is 9.03. The fourth-order valence-corrected chi connectivity index (χ4v) is 3.61. The molecule has 0 radical (unpaired) electrons. The number of anilines is 2. The van der Waals surface area contributed by atoms with Gasteiger partial charge < -0.3 is 24.8 Å². The van der Waals surface area contributed by atoms with Crippen LogP contribution in [-0.4, -0.2) is 37.0 Å². The highest BCUT2D eigenvalue weighted by Crippen LogP contribution is 2.32. The molecule has 3 aromatic carbocycles. The molecular weight excluding hydrogens is 559 g/mol. The van der Waals surface area contributed by atoms with Gasteiger partial charge in [-0.3, -0.25) is 14.4 Å². The van der Waals surface area contributed by atoms with E-state index in [-0.39, 0.29) is 18.8 Å². The molecule has 2 amide bonds. The summed E-state index contributed by atoms with van der Waals surface area (Å²) in [4.78, 5) is 48.2. The van der Waals surface area contributed by atoms with Crippen molar-refractivity contribution in [2.24, 2.45) is 5.92 Å². The molecule has 0 saturated heterocycles. The summed E-state index contributed by atoms with van der Waals surface area (Å²) in [5, 5.41) is 6.10. The van der Waals surface area contributed by atoms with Crippen LogP contribution in [-0.2, 0) is 23.9 Å². The Kier molecular flexibility index (Phi) is 11.4. The molecule has 0 atom stereocenters. The standard InChI is InChI=1S/C29H28Cl2N2O7/c1-18(2)16-39-29(37)19-3-6-21(7-4-19)33-27(35)17-38-28(36)14-13-26(34)32-22-8-10-23(11-9-22)40-25-12-5-20(30)15-24(25)31/h3-12,15,18H,13-14,16-17H2,1-2H3,(H,32,34)(H,33,35). The molecule has 0 bridgehead atoms. The van der Waals surface area contributed by atoms with E-state index in [2.05, 4.69) is 10.6 Å². The van der Waals surface area contributed by atoms with Gasteiger partial charge >= 0.3 is 11.9 Å². The molecule has 0 aromatic heterocycles. The maximum absolute atomic E-state index is 12.2. The number of hydrogen-bond acceptors (Lipinski definition) is 7. The number of esters is 2. The first-order chi connectivity index (χ1) is 19.1. The average molecular weight is 587 g/mol. The second-order valence-corrected chi connectivity index (χ2v) is 9.87. The first-order valence-electron chi connectivity index (χ1n) is 12.3. The lowest BCUT2D eigenvalue weighted by Crippen LogP contribution is -2.21. The SMILES string of the molecule is CC(C)COC(=O)c1ccc(NC(=O)COC(=O)CCC(=O)Nc2ccc(Oc3ccc(Cl)cc3Cl)cc2)cc1. The molecule has 0 aliphatic heterocycles. The lowest BCUT2D eigenvalue weighted by Gasteiger charge is -2.10. The van der Waals surface area contributed by atoms with Crippen LogP contribution in [0.2, 0.25) is 10.0 Å². The van der Waals surface area contributed by atoms with Gasteiger partial charge in [0.15, 0.2) is 6.61 Å². The monoisotopic (exact) mass is 586 g/mol. The van der Waals surface area contributed by atoms with Crippen LogP contribution in [0.1, 0.15) is 37.0 Å². The number of ether oxygens (including phenoxy) is 3. The van der Waals surface area contributed by atoms with E-state index in [1.807, 2.05) is 13.8 Å². The average Bonchev–Trinajstić information content (AvgIpc) is 2.92. The third-order valence-electron chi connectivity index (χ3n) is 5.13. The van der Waals surface area contributed by atoms with Crippen molar-refractivity contribution >= 4 is 58.3 Å². The van der Waals surface area contributed by atoms with Crippen LogP contribution in [0.3, 0.4) is 0 Å². The highest BCUT2D eigenvalue weighted by atomic mass is 35.5. The van der Waals surface area contributed by atoms with Crippen LogP contribution >= 0.6 is 23.2 Å². The fraction of sp³-hybridized carbons (Fsp3) is 0.241. The number of carbonyl (C=O) groups is 4. The molecule has 210 valence electrons. The first kappa shape index (κ1) is 30.5. The fourth-order valence-electron chi connectivity index (χ4n) is 3.16. The number of halogens is 2. The zero-order valence-corrected chi connectivity index (χ0v) is 23.4. The minimum Gasteiger partial charge on any atom is -0.462 e. The van der Waals surface area contributed by atoms with E-state index in [0.717, 1.165) is 0 Å². The number of carbonyl (C=O) groups excluding carboxylic acids is 4. The quantitative estimate of drug-likeness (QED) is 0.232. The van der Waals surface area contributed by atoms with Gasteiger partial charge in [-0.2, -0.15) is 0 Å². The Balaban J connectivity index is 1.35. The Morgan fingerprint density at radius 1 is 0.775 bits per heavy atom. The van der Waals surface area contributed by atoms with Crippen LogP contribution in [0.15, 0.2) is 66.7 Å². The van der Waals surface area contributed by atoms with Crippen molar-refractivity contribution in [3.8, 4) is 11.5 Å². The predicted molar refractivity (Wildman–Crippen MR) is 152 cm³/mol. The molecule has 0 heterocycles. The summed E-state index contributed by atoms with van der Waals surface area (Å²) < 4.78 is 15.8. The molecule has 3 aromatic rings. The smallest absolute Gasteiger partial charge is 0.338 e. The van der Waals surface area contributed by atoms with Crippen molar-refractivity contribution in [3.05, 3.63) is 82.3 Å². The van der Waals surface area contributed by atoms with Crippen LogP contribution in [0, 0.1) is 5.92 Å². The molecule has 0 fully saturated rings. The molecule has 0 aliphatic carbocycles. The van der Waals surface area contributed by atoms with E-state index in [9.17, 15) is 19.2 Å². The van der Waals surface area contributed by atoms with Crippen LogP contribution < -0.4 is 15.4 Å². The minimum atomic E-state index is -0.697. The number of hydrogen-bond donors (Lipinski definition) is 2. The number of rotatable bonds is 12. The van der Waals surface area contributed by atoms with Crippen molar-refractivity contribution in [2.45, 2.75) is 26.7 Å². The van der Waals surface area contributed by atoms with Gasteiger partial charge in [0.25, 0.3) is 5.91 Å². The van der Waals surface area contributed by atoms with Crippen LogP contribution in [0.4, 0.5) is 11.4 Å². The Hall–Kier alpha value is -4.08. The summed E-state index contributed by atoms with van der Waals surface area (Å²) in [7, 11) is 0. The molecule has 2 N–H and O–H groups in total. The molecule has 40 heavy (non-hydrogen) atoms. The maximum Gasteiger partial charge on any atom is 0.338 e. The van der Waals surface area contributed by atoms with Gasteiger partial charge in [0, 0.05) is 22.8 Å². The van der Waals surface area contributed by atoms with Gasteiger partial charge in [-0.15, -0.1) is 0 Å². The van der Waals surface area contributed by atoms with Crippen molar-refractivity contribution < 1.29 is 33.4 Å². The van der Waals surface area contributed by atoms with Gasteiger partial charge in [-0.25, -0.2) is 4.79 Å². The van der Waals surface area contributed by atoms with E-state index in [0.29, 0.717) is 45.1 Å². The molecule has 0 aliphatic rings. The van der Waals surface area contributed by atoms with E-state index in [1.165, 1.54) is 12.1 Å². The second kappa shape index (κ2) is 14.9. The third kappa shape index (κ3) is 10.2. The van der Waals surface area contributed by atoms with Crippen molar-refractivity contribution in [1.29, 1.82) is 0 Å². The minimum absolute atomic E-state index is 0.131. The molecule has 0 unspecified atom stereocenters.